The zero-order valence-corrected chi connectivity index (χ0v) is 9.38. The highest BCUT2D eigenvalue weighted by Crippen LogP contribution is 2.25. The number of rotatable bonds is 5. The van der Waals surface area contributed by atoms with Crippen molar-refractivity contribution < 1.29 is 9.53 Å². The maximum absolute atomic E-state index is 11.6. The number of ketones is 1. The van der Waals surface area contributed by atoms with E-state index in [-0.39, 0.29) is 5.78 Å². The molecule has 0 radical (unpaired) electrons. The fourth-order valence-electron chi connectivity index (χ4n) is 1.25. The summed E-state index contributed by atoms with van der Waals surface area (Å²) in [7, 11) is 1.54. The molecule has 2 N–H and O–H groups in total. The third-order valence-electron chi connectivity index (χ3n) is 2.08. The monoisotopic (exact) mass is 227 g/mol. The van der Waals surface area contributed by atoms with Crippen LogP contribution in [0.4, 0.5) is 0 Å². The van der Waals surface area contributed by atoms with Crippen LogP contribution in [0.15, 0.2) is 18.2 Å². The number of halogens is 1. The van der Waals surface area contributed by atoms with Gasteiger partial charge in [-0.3, -0.25) is 4.79 Å². The van der Waals surface area contributed by atoms with Crippen LogP contribution in [0.3, 0.4) is 0 Å². The second kappa shape index (κ2) is 5.73. The number of methoxy groups -OCH3 is 1. The molecule has 82 valence electrons. The van der Waals surface area contributed by atoms with E-state index in [2.05, 4.69) is 0 Å². The molecule has 0 spiro atoms. The van der Waals surface area contributed by atoms with E-state index < -0.39 is 0 Å². The van der Waals surface area contributed by atoms with Gasteiger partial charge in [0.1, 0.15) is 5.75 Å². The van der Waals surface area contributed by atoms with Crippen LogP contribution in [-0.2, 0) is 0 Å². The SMILES string of the molecule is COc1ccc(C(=O)CCCN)cc1Cl. The summed E-state index contributed by atoms with van der Waals surface area (Å²) in [6.07, 6.45) is 1.15. The Morgan fingerprint density at radius 1 is 1.53 bits per heavy atom. The number of Topliss-reactive ketones (excluding diaryl/α,β-unsaturated/α-hetero) is 1. The van der Waals surface area contributed by atoms with Gasteiger partial charge in [0.05, 0.1) is 12.1 Å². The summed E-state index contributed by atoms with van der Waals surface area (Å²) in [5.41, 5.74) is 5.94. The molecule has 3 nitrogen and oxygen atoms in total. The van der Waals surface area contributed by atoms with E-state index in [1.165, 1.54) is 7.11 Å². The van der Waals surface area contributed by atoms with E-state index in [1.807, 2.05) is 0 Å². The first-order chi connectivity index (χ1) is 7.19. The molecular formula is C11H14ClNO2. The second-order valence-electron chi connectivity index (χ2n) is 3.16. The summed E-state index contributed by atoms with van der Waals surface area (Å²) in [4.78, 5) is 11.6. The average molecular weight is 228 g/mol. The molecule has 0 atom stereocenters. The van der Waals surface area contributed by atoms with Crippen LogP contribution in [0.5, 0.6) is 5.75 Å². The van der Waals surface area contributed by atoms with Crippen LogP contribution in [0.1, 0.15) is 23.2 Å². The zero-order valence-electron chi connectivity index (χ0n) is 8.63. The number of nitrogens with two attached hydrogens (primary N) is 1. The standard InChI is InChI=1S/C11H14ClNO2/c1-15-11-5-4-8(7-9(11)12)10(14)3-2-6-13/h4-5,7H,2-3,6,13H2,1H3. The molecule has 4 heteroatoms. The third kappa shape index (κ3) is 3.22. The van der Waals surface area contributed by atoms with E-state index in [0.29, 0.717) is 35.7 Å². The van der Waals surface area contributed by atoms with Crippen molar-refractivity contribution in [1.29, 1.82) is 0 Å². The van der Waals surface area contributed by atoms with Crippen molar-refractivity contribution in [3.63, 3.8) is 0 Å². The highest BCUT2D eigenvalue weighted by molar-refractivity contribution is 6.32. The molecule has 0 aliphatic carbocycles. The summed E-state index contributed by atoms with van der Waals surface area (Å²) in [5.74, 6) is 0.636. The smallest absolute Gasteiger partial charge is 0.162 e. The highest BCUT2D eigenvalue weighted by atomic mass is 35.5. The molecule has 0 aromatic heterocycles. The quantitative estimate of drug-likeness (QED) is 0.786. The molecule has 0 heterocycles. The Labute approximate surface area is 94.2 Å². The van der Waals surface area contributed by atoms with Crippen LogP contribution in [0.25, 0.3) is 0 Å². The predicted molar refractivity (Wildman–Crippen MR) is 60.6 cm³/mol. The van der Waals surface area contributed by atoms with Crippen LogP contribution in [-0.4, -0.2) is 19.4 Å². The second-order valence-corrected chi connectivity index (χ2v) is 3.57. The molecule has 0 fully saturated rings. The lowest BCUT2D eigenvalue weighted by Gasteiger charge is -2.05. The predicted octanol–water partition coefficient (Wildman–Crippen LogP) is 2.27. The summed E-state index contributed by atoms with van der Waals surface area (Å²) >= 11 is 5.91. The van der Waals surface area contributed by atoms with Crippen molar-refractivity contribution in [2.24, 2.45) is 5.73 Å². The van der Waals surface area contributed by atoms with E-state index >= 15 is 0 Å². The molecule has 15 heavy (non-hydrogen) atoms. The van der Waals surface area contributed by atoms with Crippen LogP contribution in [0.2, 0.25) is 5.02 Å². The molecule has 0 aliphatic heterocycles. The van der Waals surface area contributed by atoms with E-state index in [9.17, 15) is 4.79 Å². The van der Waals surface area contributed by atoms with Crippen molar-refractivity contribution >= 4 is 17.4 Å². The van der Waals surface area contributed by atoms with E-state index in [4.69, 9.17) is 22.1 Å². The summed E-state index contributed by atoms with van der Waals surface area (Å²) in [6.45, 7) is 0.523. The van der Waals surface area contributed by atoms with Gasteiger partial charge in [0.2, 0.25) is 0 Å². The molecule has 0 bridgehead atoms. The van der Waals surface area contributed by atoms with Gasteiger partial charge in [-0.05, 0) is 31.2 Å². The Balaban J connectivity index is 2.78. The van der Waals surface area contributed by atoms with Gasteiger partial charge in [0, 0.05) is 12.0 Å². The minimum Gasteiger partial charge on any atom is -0.495 e. The maximum Gasteiger partial charge on any atom is 0.162 e. The first-order valence-corrected chi connectivity index (χ1v) is 5.13. The Kier molecular flexibility index (Phi) is 4.59. The molecule has 0 aliphatic rings. The molecular weight excluding hydrogens is 214 g/mol. The van der Waals surface area contributed by atoms with Gasteiger partial charge in [-0.15, -0.1) is 0 Å². The number of carbonyl (C=O) groups is 1. The Hall–Kier alpha value is -1.06. The number of carbonyl (C=O) groups excluding carboxylic acids is 1. The lowest BCUT2D eigenvalue weighted by atomic mass is 10.1. The van der Waals surface area contributed by atoms with Crippen LogP contribution in [0, 0.1) is 0 Å². The van der Waals surface area contributed by atoms with E-state index in [0.717, 1.165) is 0 Å². The van der Waals surface area contributed by atoms with Crippen LogP contribution >= 0.6 is 11.6 Å². The lowest BCUT2D eigenvalue weighted by Crippen LogP contribution is -2.05. The van der Waals surface area contributed by atoms with Crippen LogP contribution < -0.4 is 10.5 Å². The molecule has 0 saturated heterocycles. The molecule has 1 aromatic carbocycles. The minimum absolute atomic E-state index is 0.0602. The van der Waals surface area contributed by atoms with Crippen molar-refractivity contribution in [2.75, 3.05) is 13.7 Å². The number of ether oxygens (including phenoxy) is 1. The summed E-state index contributed by atoms with van der Waals surface area (Å²) in [5, 5.41) is 0.455. The first-order valence-electron chi connectivity index (χ1n) is 4.76. The molecule has 0 amide bonds. The average Bonchev–Trinajstić information content (AvgIpc) is 2.25. The minimum atomic E-state index is 0.0602. The van der Waals surface area contributed by atoms with Gasteiger partial charge in [0.15, 0.2) is 5.78 Å². The molecule has 1 aromatic rings. The van der Waals surface area contributed by atoms with Crippen molar-refractivity contribution in [2.45, 2.75) is 12.8 Å². The molecule has 0 unspecified atom stereocenters. The van der Waals surface area contributed by atoms with Gasteiger partial charge in [-0.2, -0.15) is 0 Å². The third-order valence-corrected chi connectivity index (χ3v) is 2.38. The highest BCUT2D eigenvalue weighted by Gasteiger charge is 2.08. The fourth-order valence-corrected chi connectivity index (χ4v) is 1.50. The van der Waals surface area contributed by atoms with Gasteiger partial charge < -0.3 is 10.5 Å². The Morgan fingerprint density at radius 2 is 2.27 bits per heavy atom. The first kappa shape index (κ1) is 12.0. The lowest BCUT2D eigenvalue weighted by molar-refractivity contribution is 0.0981. The van der Waals surface area contributed by atoms with Gasteiger partial charge in [-0.1, -0.05) is 11.6 Å². The van der Waals surface area contributed by atoms with Gasteiger partial charge in [0.25, 0.3) is 0 Å². The number of benzene rings is 1. The number of hydrogen-bond acceptors (Lipinski definition) is 3. The normalized spacial score (nSPS) is 10.1. The van der Waals surface area contributed by atoms with Gasteiger partial charge >= 0.3 is 0 Å². The maximum atomic E-state index is 11.6. The molecule has 1 rings (SSSR count). The number of hydrogen-bond donors (Lipinski definition) is 1. The fraction of sp³-hybridized carbons (Fsp3) is 0.364. The Morgan fingerprint density at radius 3 is 2.80 bits per heavy atom. The van der Waals surface area contributed by atoms with Crippen molar-refractivity contribution in [3.8, 4) is 5.75 Å². The van der Waals surface area contributed by atoms with E-state index in [1.54, 1.807) is 18.2 Å². The topological polar surface area (TPSA) is 52.3 Å². The zero-order chi connectivity index (χ0) is 11.3. The largest absolute Gasteiger partial charge is 0.495 e. The van der Waals surface area contributed by atoms with Gasteiger partial charge in [-0.25, -0.2) is 0 Å². The Bertz CT molecular complexity index is 352. The summed E-state index contributed by atoms with van der Waals surface area (Å²) < 4.78 is 5.00. The molecule has 0 saturated carbocycles. The summed E-state index contributed by atoms with van der Waals surface area (Å²) in [6, 6.07) is 5.03. The van der Waals surface area contributed by atoms with Crippen molar-refractivity contribution in [3.05, 3.63) is 28.8 Å². The van der Waals surface area contributed by atoms with Crippen molar-refractivity contribution in [1.82, 2.24) is 0 Å².